The summed E-state index contributed by atoms with van der Waals surface area (Å²) in [7, 11) is 0. The molecule has 0 aliphatic heterocycles. The number of aromatic nitrogens is 2. The summed E-state index contributed by atoms with van der Waals surface area (Å²) in [5, 5.41) is 5.62. The Labute approximate surface area is 293 Å². The molecule has 10 nitrogen and oxygen atoms in total. The number of benzene rings is 3. The lowest BCUT2D eigenvalue weighted by Crippen LogP contribution is -2.45. The monoisotopic (exact) mass is 678 g/mol. The van der Waals surface area contributed by atoms with Gasteiger partial charge in [-0.25, -0.2) is 9.59 Å². The Hall–Kier alpha value is -5.25. The summed E-state index contributed by atoms with van der Waals surface area (Å²) in [4.78, 5) is 58.5. The lowest BCUT2D eigenvalue weighted by molar-refractivity contribution is -0.158. The van der Waals surface area contributed by atoms with Crippen LogP contribution in [0.1, 0.15) is 79.7 Å². The molecule has 0 saturated heterocycles. The summed E-state index contributed by atoms with van der Waals surface area (Å²) < 4.78 is 11.2. The standard InChI is InChI=1S/C40H46N4O6/c1-26-33(20-12-13-23-41-39(48)49-25-32-30-18-10-8-16-28(30)29-17-9-11-19-31(29)32)44-37(46)34(42-26)21-22-36(45)43-35(38(47)50-40(2,3)4)24-27-14-6-5-7-15-27/h5-11,14-19,32,35H,12-13,20-25H2,1-4H3,(H,41,48)(H,43,45)(H,44,46). The number of ether oxygens (including phenoxy) is 2. The Balaban J connectivity index is 1.05. The Morgan fingerprint density at radius 3 is 2.18 bits per heavy atom. The van der Waals surface area contributed by atoms with E-state index >= 15 is 0 Å². The molecule has 1 aliphatic carbocycles. The number of nitrogens with one attached hydrogen (secondary N) is 3. The van der Waals surface area contributed by atoms with Crippen molar-refractivity contribution in [3.05, 3.63) is 123 Å². The fourth-order valence-corrected chi connectivity index (χ4v) is 6.21. The number of esters is 1. The number of rotatable bonds is 14. The third-order valence-electron chi connectivity index (χ3n) is 8.63. The molecule has 1 aromatic heterocycles. The van der Waals surface area contributed by atoms with Crippen molar-refractivity contribution in [1.82, 2.24) is 20.6 Å². The van der Waals surface area contributed by atoms with Gasteiger partial charge in [0.1, 0.15) is 23.9 Å². The van der Waals surface area contributed by atoms with Crippen LogP contribution in [-0.4, -0.2) is 52.7 Å². The van der Waals surface area contributed by atoms with Crippen LogP contribution < -0.4 is 16.2 Å². The summed E-state index contributed by atoms with van der Waals surface area (Å²) in [5.41, 5.74) is 6.20. The van der Waals surface area contributed by atoms with E-state index in [2.05, 4.69) is 44.9 Å². The minimum Gasteiger partial charge on any atom is -0.458 e. The van der Waals surface area contributed by atoms with Crippen molar-refractivity contribution >= 4 is 18.0 Å². The van der Waals surface area contributed by atoms with E-state index in [0.717, 1.165) is 17.7 Å². The molecule has 262 valence electrons. The highest BCUT2D eigenvalue weighted by atomic mass is 16.6. The summed E-state index contributed by atoms with van der Waals surface area (Å²) in [6.07, 6.45) is 1.94. The fraction of sp³-hybridized carbons (Fsp3) is 0.375. The van der Waals surface area contributed by atoms with E-state index in [1.54, 1.807) is 20.8 Å². The Bertz CT molecular complexity index is 1820. The largest absolute Gasteiger partial charge is 0.458 e. The molecule has 5 rings (SSSR count). The van der Waals surface area contributed by atoms with E-state index < -0.39 is 23.7 Å². The van der Waals surface area contributed by atoms with Gasteiger partial charge < -0.3 is 25.1 Å². The molecule has 2 amide bonds. The van der Waals surface area contributed by atoms with Gasteiger partial charge in [0.2, 0.25) is 5.91 Å². The van der Waals surface area contributed by atoms with Crippen LogP contribution >= 0.6 is 0 Å². The van der Waals surface area contributed by atoms with Crippen molar-refractivity contribution in [3.8, 4) is 11.1 Å². The zero-order valence-electron chi connectivity index (χ0n) is 29.2. The first kappa shape index (κ1) is 36.0. The molecule has 0 radical (unpaired) electrons. The molecule has 0 saturated carbocycles. The number of amides is 2. The van der Waals surface area contributed by atoms with E-state index in [4.69, 9.17) is 9.47 Å². The number of aromatic amines is 1. The predicted molar refractivity (Wildman–Crippen MR) is 192 cm³/mol. The van der Waals surface area contributed by atoms with Crippen molar-refractivity contribution < 1.29 is 23.9 Å². The second kappa shape index (κ2) is 16.4. The second-order valence-corrected chi connectivity index (χ2v) is 13.6. The van der Waals surface area contributed by atoms with Gasteiger partial charge in [0.15, 0.2) is 0 Å². The number of hydrogen-bond donors (Lipinski definition) is 3. The maximum absolute atomic E-state index is 12.9. The molecule has 1 heterocycles. The van der Waals surface area contributed by atoms with E-state index in [1.165, 1.54) is 22.3 Å². The molecule has 1 aliphatic rings. The number of carbonyl (C=O) groups excluding carboxylic acids is 3. The van der Waals surface area contributed by atoms with Gasteiger partial charge in [0.05, 0.1) is 5.69 Å². The highest BCUT2D eigenvalue weighted by Crippen LogP contribution is 2.44. The van der Waals surface area contributed by atoms with E-state index in [1.807, 2.05) is 61.5 Å². The molecule has 3 aromatic carbocycles. The van der Waals surface area contributed by atoms with Crippen LogP contribution in [0, 0.1) is 6.92 Å². The quantitative estimate of drug-likeness (QED) is 0.111. The zero-order valence-corrected chi connectivity index (χ0v) is 29.2. The van der Waals surface area contributed by atoms with Gasteiger partial charge >= 0.3 is 12.1 Å². The fourth-order valence-electron chi connectivity index (χ4n) is 6.21. The number of aryl methyl sites for hydroxylation is 3. The molecule has 1 unspecified atom stereocenters. The highest BCUT2D eigenvalue weighted by Gasteiger charge is 2.29. The first-order valence-electron chi connectivity index (χ1n) is 17.2. The van der Waals surface area contributed by atoms with Crippen LogP contribution in [-0.2, 0) is 38.3 Å². The van der Waals surface area contributed by atoms with Gasteiger partial charge in [-0.2, -0.15) is 0 Å². The van der Waals surface area contributed by atoms with Crippen molar-refractivity contribution in [2.24, 2.45) is 0 Å². The maximum atomic E-state index is 12.9. The third kappa shape index (κ3) is 9.68. The van der Waals surface area contributed by atoms with Crippen LogP contribution in [0.2, 0.25) is 0 Å². The summed E-state index contributed by atoms with van der Waals surface area (Å²) in [6.45, 7) is 7.86. The lowest BCUT2D eigenvalue weighted by atomic mass is 9.98. The van der Waals surface area contributed by atoms with Gasteiger partial charge in [-0.1, -0.05) is 78.9 Å². The average molecular weight is 679 g/mol. The SMILES string of the molecule is Cc1nc(CCC(=O)NC(Cc2ccccc2)C(=O)OC(C)(C)C)c(=O)[nH]c1CCCCNC(=O)OCC1c2ccccc2-c2ccccc21. The molecule has 10 heteroatoms. The smallest absolute Gasteiger partial charge is 0.407 e. The number of carbonyl (C=O) groups is 3. The van der Waals surface area contributed by atoms with Crippen LogP contribution in [0.4, 0.5) is 4.79 Å². The lowest BCUT2D eigenvalue weighted by Gasteiger charge is -2.24. The van der Waals surface area contributed by atoms with Crippen molar-refractivity contribution in [3.63, 3.8) is 0 Å². The van der Waals surface area contributed by atoms with Crippen LogP contribution in [0.25, 0.3) is 11.1 Å². The van der Waals surface area contributed by atoms with Gasteiger partial charge in [-0.15, -0.1) is 0 Å². The second-order valence-electron chi connectivity index (χ2n) is 13.6. The number of fused-ring (bicyclic) bond motifs is 3. The summed E-state index contributed by atoms with van der Waals surface area (Å²) in [6, 6.07) is 25.0. The average Bonchev–Trinajstić information content (AvgIpc) is 3.40. The molecule has 0 spiro atoms. The molecular weight excluding hydrogens is 632 g/mol. The van der Waals surface area contributed by atoms with Crippen molar-refractivity contribution in [2.75, 3.05) is 13.2 Å². The molecule has 3 N–H and O–H groups in total. The van der Waals surface area contributed by atoms with Gasteiger partial charge in [0, 0.05) is 37.4 Å². The Kier molecular flexibility index (Phi) is 11.8. The van der Waals surface area contributed by atoms with E-state index in [9.17, 15) is 19.2 Å². The molecular formula is C40H46N4O6. The van der Waals surface area contributed by atoms with Crippen LogP contribution in [0.5, 0.6) is 0 Å². The molecule has 4 aromatic rings. The number of alkyl carbamates (subject to hydrolysis) is 1. The normalized spacial score (nSPS) is 12.8. The zero-order chi connectivity index (χ0) is 35.7. The third-order valence-corrected chi connectivity index (χ3v) is 8.63. The summed E-state index contributed by atoms with van der Waals surface area (Å²) >= 11 is 0. The number of unbranched alkanes of at least 4 members (excludes halogenated alkanes) is 1. The number of nitrogens with zero attached hydrogens (tertiary/aromatic N) is 1. The Morgan fingerprint density at radius 1 is 0.880 bits per heavy atom. The first-order valence-corrected chi connectivity index (χ1v) is 17.2. The topological polar surface area (TPSA) is 139 Å². The van der Waals surface area contributed by atoms with Gasteiger partial charge in [-0.05, 0) is 74.8 Å². The minimum absolute atomic E-state index is 0.00610. The Morgan fingerprint density at radius 2 is 1.52 bits per heavy atom. The molecule has 1 atom stereocenters. The number of H-pyrrole nitrogens is 1. The van der Waals surface area contributed by atoms with Gasteiger partial charge in [-0.3, -0.25) is 14.6 Å². The van der Waals surface area contributed by atoms with Crippen LogP contribution in [0.3, 0.4) is 0 Å². The van der Waals surface area contributed by atoms with E-state index in [0.29, 0.717) is 25.1 Å². The van der Waals surface area contributed by atoms with E-state index in [-0.39, 0.29) is 48.9 Å². The highest BCUT2D eigenvalue weighted by molar-refractivity contribution is 5.85. The first-order chi connectivity index (χ1) is 24.0. The molecule has 50 heavy (non-hydrogen) atoms. The molecule has 0 fully saturated rings. The molecule has 0 bridgehead atoms. The van der Waals surface area contributed by atoms with Gasteiger partial charge in [0.25, 0.3) is 5.56 Å². The van der Waals surface area contributed by atoms with Crippen molar-refractivity contribution in [1.29, 1.82) is 0 Å². The predicted octanol–water partition coefficient (Wildman–Crippen LogP) is 5.94. The number of hydrogen-bond acceptors (Lipinski definition) is 7. The summed E-state index contributed by atoms with van der Waals surface area (Å²) in [5.74, 6) is -0.880. The minimum atomic E-state index is -0.863. The van der Waals surface area contributed by atoms with Crippen LogP contribution in [0.15, 0.2) is 83.7 Å². The van der Waals surface area contributed by atoms with Crippen molar-refractivity contribution in [2.45, 2.75) is 83.8 Å². The maximum Gasteiger partial charge on any atom is 0.407 e.